The van der Waals surface area contributed by atoms with Crippen LogP contribution in [0.15, 0.2) is 49.1 Å². The first kappa shape index (κ1) is 15.0. The molecule has 0 saturated heterocycles. The van der Waals surface area contributed by atoms with Crippen molar-refractivity contribution in [2.75, 3.05) is 13.1 Å². The number of amides is 1. The molecule has 0 spiro atoms. The third kappa shape index (κ3) is 4.31. The van der Waals surface area contributed by atoms with Gasteiger partial charge in [-0.25, -0.2) is 4.98 Å². The molecule has 0 atom stereocenters. The normalized spacial score (nSPS) is 11.0. The molecule has 1 aromatic carbocycles. The van der Waals surface area contributed by atoms with Crippen LogP contribution in [0, 0.1) is 0 Å². The predicted molar refractivity (Wildman–Crippen MR) is 84.7 cm³/mol. The maximum Gasteiger partial charge on any atom is 0.246 e. The number of imidazole rings is 1. The van der Waals surface area contributed by atoms with Crippen LogP contribution in [0.1, 0.15) is 25.0 Å². The van der Waals surface area contributed by atoms with Crippen molar-refractivity contribution in [3.05, 3.63) is 60.2 Å². The number of carbonyl (C=O) groups excluding carboxylic acids is 1. The van der Waals surface area contributed by atoms with Crippen molar-refractivity contribution in [1.29, 1.82) is 0 Å². The minimum absolute atomic E-state index is 0.0579. The van der Waals surface area contributed by atoms with Crippen LogP contribution in [0.3, 0.4) is 0 Å². The summed E-state index contributed by atoms with van der Waals surface area (Å²) in [6, 6.07) is 8.19. The Hall–Kier alpha value is -2.36. The number of nitrogens with zero attached hydrogens (tertiary/aromatic N) is 3. The lowest BCUT2D eigenvalue weighted by Crippen LogP contribution is -2.28. The number of rotatable bonds is 6. The van der Waals surface area contributed by atoms with Crippen molar-refractivity contribution < 1.29 is 4.79 Å². The average molecular weight is 283 g/mol. The number of aromatic nitrogens is 2. The smallest absolute Gasteiger partial charge is 0.246 e. The maximum atomic E-state index is 11.9. The lowest BCUT2D eigenvalue weighted by molar-refractivity contribution is -0.125. The van der Waals surface area contributed by atoms with Gasteiger partial charge in [0.2, 0.25) is 5.91 Å². The fourth-order valence-electron chi connectivity index (χ4n) is 2.13. The van der Waals surface area contributed by atoms with E-state index in [1.807, 2.05) is 42.8 Å². The summed E-state index contributed by atoms with van der Waals surface area (Å²) < 4.78 is 2.02. The molecule has 0 aliphatic heterocycles. The summed E-state index contributed by atoms with van der Waals surface area (Å²) in [5, 5.41) is 0. The molecular weight excluding hydrogens is 262 g/mol. The highest BCUT2D eigenvalue weighted by atomic mass is 16.2. The summed E-state index contributed by atoms with van der Waals surface area (Å²) in [6.07, 6.45) is 9.02. The highest BCUT2D eigenvalue weighted by Crippen LogP contribution is 2.08. The summed E-state index contributed by atoms with van der Waals surface area (Å²) in [5.41, 5.74) is 2.24. The minimum Gasteiger partial charge on any atom is -0.340 e. The Bertz CT molecular complexity index is 581. The third-order valence-corrected chi connectivity index (χ3v) is 3.40. The van der Waals surface area contributed by atoms with Crippen molar-refractivity contribution >= 4 is 12.0 Å². The van der Waals surface area contributed by atoms with Crippen molar-refractivity contribution in [1.82, 2.24) is 14.5 Å². The van der Waals surface area contributed by atoms with E-state index < -0.39 is 0 Å². The van der Waals surface area contributed by atoms with Gasteiger partial charge in [0.05, 0.1) is 6.33 Å². The van der Waals surface area contributed by atoms with Crippen molar-refractivity contribution in [2.24, 2.45) is 0 Å². The zero-order valence-corrected chi connectivity index (χ0v) is 12.6. The molecule has 0 unspecified atom stereocenters. The SMILES string of the molecule is CCN(CC)C(=O)C=Cc1ccc(Cn2ccnc2)cc1. The van der Waals surface area contributed by atoms with Crippen LogP contribution in [0.2, 0.25) is 0 Å². The molecule has 2 aromatic rings. The number of likely N-dealkylation sites (N-methyl/N-ethyl adjacent to an activating group) is 1. The fraction of sp³-hybridized carbons (Fsp3) is 0.294. The van der Waals surface area contributed by atoms with Crippen LogP contribution in [-0.4, -0.2) is 33.4 Å². The number of hydrogen-bond donors (Lipinski definition) is 0. The van der Waals surface area contributed by atoms with E-state index in [2.05, 4.69) is 17.1 Å². The van der Waals surface area contributed by atoms with Gasteiger partial charge in [-0.2, -0.15) is 0 Å². The first-order valence-electron chi connectivity index (χ1n) is 7.24. The molecule has 0 bridgehead atoms. The van der Waals surface area contributed by atoms with E-state index in [1.165, 1.54) is 5.56 Å². The van der Waals surface area contributed by atoms with E-state index in [4.69, 9.17) is 0 Å². The molecule has 110 valence electrons. The van der Waals surface area contributed by atoms with Crippen molar-refractivity contribution in [3.8, 4) is 0 Å². The molecule has 0 saturated carbocycles. The van der Waals surface area contributed by atoms with Gasteiger partial charge in [-0.3, -0.25) is 4.79 Å². The summed E-state index contributed by atoms with van der Waals surface area (Å²) in [4.78, 5) is 17.7. The highest BCUT2D eigenvalue weighted by Gasteiger charge is 2.04. The molecule has 4 heteroatoms. The maximum absolute atomic E-state index is 11.9. The quantitative estimate of drug-likeness (QED) is 0.765. The Morgan fingerprint density at radius 2 is 1.95 bits per heavy atom. The zero-order chi connectivity index (χ0) is 15.1. The average Bonchev–Trinajstić information content (AvgIpc) is 3.01. The lowest BCUT2D eigenvalue weighted by atomic mass is 10.1. The molecule has 0 radical (unpaired) electrons. The van der Waals surface area contributed by atoms with E-state index in [0.717, 1.165) is 25.2 Å². The predicted octanol–water partition coefficient (Wildman–Crippen LogP) is 2.81. The minimum atomic E-state index is 0.0579. The molecule has 0 aliphatic rings. The molecule has 0 N–H and O–H groups in total. The van der Waals surface area contributed by atoms with Gasteiger partial charge in [0, 0.05) is 38.1 Å². The molecule has 1 amide bonds. The molecule has 2 rings (SSSR count). The second-order valence-electron chi connectivity index (χ2n) is 4.82. The van der Waals surface area contributed by atoms with Gasteiger partial charge in [-0.1, -0.05) is 24.3 Å². The molecule has 1 aromatic heterocycles. The largest absolute Gasteiger partial charge is 0.340 e. The van der Waals surface area contributed by atoms with Crippen molar-refractivity contribution in [3.63, 3.8) is 0 Å². The van der Waals surface area contributed by atoms with Gasteiger partial charge in [-0.15, -0.1) is 0 Å². The second-order valence-corrected chi connectivity index (χ2v) is 4.82. The highest BCUT2D eigenvalue weighted by molar-refractivity contribution is 5.91. The zero-order valence-electron chi connectivity index (χ0n) is 12.6. The molecule has 4 nitrogen and oxygen atoms in total. The molecular formula is C17H21N3O. The van der Waals surface area contributed by atoms with E-state index in [9.17, 15) is 4.79 Å². The van der Waals surface area contributed by atoms with Gasteiger partial charge in [0.15, 0.2) is 0 Å². The Balaban J connectivity index is 1.97. The molecule has 0 aliphatic carbocycles. The summed E-state index contributed by atoms with van der Waals surface area (Å²) in [5.74, 6) is 0.0579. The van der Waals surface area contributed by atoms with Gasteiger partial charge in [-0.05, 0) is 31.1 Å². The fourth-order valence-corrected chi connectivity index (χ4v) is 2.13. The monoisotopic (exact) mass is 283 g/mol. The Labute approximate surface area is 125 Å². The summed E-state index contributed by atoms with van der Waals surface area (Å²) >= 11 is 0. The number of carbonyl (C=O) groups is 1. The van der Waals surface area contributed by atoms with Gasteiger partial charge >= 0.3 is 0 Å². The van der Waals surface area contributed by atoms with Gasteiger partial charge in [0.1, 0.15) is 0 Å². The van der Waals surface area contributed by atoms with E-state index in [1.54, 1.807) is 23.5 Å². The van der Waals surface area contributed by atoms with Gasteiger partial charge in [0.25, 0.3) is 0 Å². The molecule has 21 heavy (non-hydrogen) atoms. The Kier molecular flexibility index (Phi) is 5.32. The summed E-state index contributed by atoms with van der Waals surface area (Å²) in [6.45, 7) is 6.26. The molecule has 1 heterocycles. The van der Waals surface area contributed by atoms with Crippen LogP contribution in [-0.2, 0) is 11.3 Å². The Morgan fingerprint density at radius 3 is 2.52 bits per heavy atom. The van der Waals surface area contributed by atoms with Crippen LogP contribution in [0.4, 0.5) is 0 Å². The second kappa shape index (κ2) is 7.43. The van der Waals surface area contributed by atoms with E-state index in [-0.39, 0.29) is 5.91 Å². The van der Waals surface area contributed by atoms with Crippen LogP contribution < -0.4 is 0 Å². The first-order valence-corrected chi connectivity index (χ1v) is 7.24. The number of benzene rings is 1. The standard InChI is InChI=1S/C17H21N3O/c1-3-20(4-2)17(21)10-9-15-5-7-16(8-6-15)13-19-12-11-18-14-19/h5-12,14H,3-4,13H2,1-2H3. The number of hydrogen-bond acceptors (Lipinski definition) is 2. The lowest BCUT2D eigenvalue weighted by Gasteiger charge is -2.15. The van der Waals surface area contributed by atoms with Crippen LogP contribution in [0.5, 0.6) is 0 Å². The van der Waals surface area contributed by atoms with E-state index in [0.29, 0.717) is 0 Å². The third-order valence-electron chi connectivity index (χ3n) is 3.40. The van der Waals surface area contributed by atoms with E-state index >= 15 is 0 Å². The molecule has 0 fully saturated rings. The van der Waals surface area contributed by atoms with Crippen molar-refractivity contribution in [2.45, 2.75) is 20.4 Å². The Morgan fingerprint density at radius 1 is 1.24 bits per heavy atom. The van der Waals surface area contributed by atoms with Crippen LogP contribution in [0.25, 0.3) is 6.08 Å². The first-order chi connectivity index (χ1) is 10.2. The van der Waals surface area contributed by atoms with Crippen LogP contribution >= 0.6 is 0 Å². The van der Waals surface area contributed by atoms with Gasteiger partial charge < -0.3 is 9.47 Å². The topological polar surface area (TPSA) is 38.1 Å². The summed E-state index contributed by atoms with van der Waals surface area (Å²) in [7, 11) is 0.